The Morgan fingerprint density at radius 2 is 2.15 bits per heavy atom. The molecule has 2 heterocycles. The Hall–Kier alpha value is -2.67. The highest BCUT2D eigenvalue weighted by molar-refractivity contribution is 5.80. The van der Waals surface area contributed by atoms with Crippen LogP contribution in [-0.2, 0) is 11.3 Å². The average molecular weight is 372 g/mol. The van der Waals surface area contributed by atoms with Crippen molar-refractivity contribution in [2.75, 3.05) is 33.9 Å². The van der Waals surface area contributed by atoms with Crippen LogP contribution in [0.4, 0.5) is 4.39 Å². The van der Waals surface area contributed by atoms with Gasteiger partial charge in [-0.15, -0.1) is 0 Å². The van der Waals surface area contributed by atoms with Crippen molar-refractivity contribution in [2.45, 2.75) is 13.0 Å². The van der Waals surface area contributed by atoms with E-state index in [2.05, 4.69) is 20.2 Å². The Bertz CT molecular complexity index is 767. The van der Waals surface area contributed by atoms with Crippen LogP contribution in [0.3, 0.4) is 0 Å². The molecule has 1 fully saturated rings. The van der Waals surface area contributed by atoms with Gasteiger partial charge in [0.15, 0.2) is 5.96 Å². The second-order valence-electron chi connectivity index (χ2n) is 6.52. The maximum atomic E-state index is 13.0. The quantitative estimate of drug-likeness (QED) is 0.624. The van der Waals surface area contributed by atoms with Crippen LogP contribution >= 0.6 is 0 Å². The predicted molar refractivity (Wildman–Crippen MR) is 102 cm³/mol. The van der Waals surface area contributed by atoms with Crippen LogP contribution < -0.4 is 10.1 Å². The lowest BCUT2D eigenvalue weighted by molar-refractivity contribution is 0.157. The monoisotopic (exact) mass is 372 g/mol. The average Bonchev–Trinajstić information content (AvgIpc) is 3.13. The Morgan fingerprint density at radius 1 is 1.33 bits per heavy atom. The van der Waals surface area contributed by atoms with Crippen molar-refractivity contribution in [3.63, 3.8) is 0 Å². The van der Waals surface area contributed by atoms with Crippen molar-refractivity contribution >= 4 is 5.96 Å². The number of hydrogen-bond donors (Lipinski definition) is 1. The number of aromatic nitrogens is 1. The highest BCUT2D eigenvalue weighted by Crippen LogP contribution is 2.20. The third kappa shape index (κ3) is 5.40. The predicted octanol–water partition coefficient (Wildman–Crippen LogP) is 3.06. The van der Waals surface area contributed by atoms with Gasteiger partial charge < -0.3 is 19.7 Å². The summed E-state index contributed by atoms with van der Waals surface area (Å²) in [5, 5.41) is 3.39. The van der Waals surface area contributed by atoms with Crippen molar-refractivity contribution in [1.29, 1.82) is 0 Å². The molecule has 0 aliphatic carbocycles. The van der Waals surface area contributed by atoms with Crippen molar-refractivity contribution in [2.24, 2.45) is 10.9 Å². The Labute approximate surface area is 159 Å². The van der Waals surface area contributed by atoms with Crippen LogP contribution in [-0.4, -0.2) is 49.7 Å². The molecule has 2 aromatic rings. The first-order chi connectivity index (χ1) is 13.2. The first-order valence-corrected chi connectivity index (χ1v) is 9.01. The molecular weight excluding hydrogens is 347 g/mol. The molecule has 1 aromatic heterocycles. The van der Waals surface area contributed by atoms with Crippen molar-refractivity contribution in [3.05, 3.63) is 54.0 Å². The lowest BCUT2D eigenvalue weighted by atomic mass is 10.1. The first-order valence-electron chi connectivity index (χ1n) is 9.01. The number of benzene rings is 1. The largest absolute Gasteiger partial charge is 0.439 e. The summed E-state index contributed by atoms with van der Waals surface area (Å²) in [5.74, 6) is 2.15. The van der Waals surface area contributed by atoms with E-state index in [0.717, 1.165) is 37.6 Å². The number of aliphatic imine (C=N–C) groups is 1. The topological polar surface area (TPSA) is 59.0 Å². The summed E-state index contributed by atoms with van der Waals surface area (Å²) in [5.41, 5.74) is 1.02. The number of halogens is 1. The molecular formula is C20H25FN4O2. The second kappa shape index (κ2) is 9.32. The number of rotatable bonds is 6. The maximum Gasteiger partial charge on any atom is 0.219 e. The number of nitrogens with one attached hydrogen (secondary N) is 1. The highest BCUT2D eigenvalue weighted by atomic mass is 19.1. The molecule has 0 spiro atoms. The van der Waals surface area contributed by atoms with E-state index >= 15 is 0 Å². The molecule has 1 N–H and O–H groups in total. The fourth-order valence-electron chi connectivity index (χ4n) is 3.15. The molecule has 1 unspecified atom stereocenters. The van der Waals surface area contributed by atoms with Crippen LogP contribution in [0.25, 0.3) is 0 Å². The summed E-state index contributed by atoms with van der Waals surface area (Å²) in [7, 11) is 3.53. The molecule has 0 saturated carbocycles. The summed E-state index contributed by atoms with van der Waals surface area (Å²) in [4.78, 5) is 10.9. The van der Waals surface area contributed by atoms with Gasteiger partial charge in [0.25, 0.3) is 0 Å². The zero-order chi connectivity index (χ0) is 19.1. The molecule has 0 bridgehead atoms. The first kappa shape index (κ1) is 19.1. The Balaban J connectivity index is 1.56. The van der Waals surface area contributed by atoms with Crippen molar-refractivity contribution in [3.8, 4) is 11.6 Å². The maximum absolute atomic E-state index is 13.0. The van der Waals surface area contributed by atoms with Gasteiger partial charge in [-0.3, -0.25) is 4.99 Å². The van der Waals surface area contributed by atoms with E-state index in [9.17, 15) is 4.39 Å². The van der Waals surface area contributed by atoms with Gasteiger partial charge in [-0.05, 0) is 42.3 Å². The van der Waals surface area contributed by atoms with Gasteiger partial charge in [0.2, 0.25) is 5.88 Å². The van der Waals surface area contributed by atoms with E-state index in [-0.39, 0.29) is 5.82 Å². The standard InChI is InChI=1S/C20H25FN4O2/c1-22-20(25-10-8-16(13-25)14-26-2)24-12-15-7-9-23-19(11-15)27-18-5-3-17(21)4-6-18/h3-7,9,11,16H,8,10,12-14H2,1-2H3,(H,22,24). The molecule has 0 amide bonds. The van der Waals surface area contributed by atoms with Gasteiger partial charge >= 0.3 is 0 Å². The molecule has 144 valence electrons. The molecule has 6 nitrogen and oxygen atoms in total. The minimum Gasteiger partial charge on any atom is -0.439 e. The number of hydrogen-bond acceptors (Lipinski definition) is 4. The van der Waals surface area contributed by atoms with Crippen molar-refractivity contribution < 1.29 is 13.9 Å². The molecule has 7 heteroatoms. The summed E-state index contributed by atoms with van der Waals surface area (Å²) in [6.07, 6.45) is 2.81. The minimum absolute atomic E-state index is 0.297. The zero-order valence-corrected chi connectivity index (χ0v) is 15.7. The van der Waals surface area contributed by atoms with Gasteiger partial charge in [0.05, 0.1) is 6.61 Å². The van der Waals surface area contributed by atoms with E-state index in [1.807, 2.05) is 12.1 Å². The third-order valence-corrected chi connectivity index (χ3v) is 4.49. The minimum atomic E-state index is -0.297. The smallest absolute Gasteiger partial charge is 0.219 e. The van der Waals surface area contributed by atoms with Crippen LogP contribution in [0.1, 0.15) is 12.0 Å². The number of nitrogens with zero attached hydrogens (tertiary/aromatic N) is 3. The fraction of sp³-hybridized carbons (Fsp3) is 0.400. The molecule has 1 atom stereocenters. The number of guanidine groups is 1. The summed E-state index contributed by atoms with van der Waals surface area (Å²) < 4.78 is 23.9. The van der Waals surface area contributed by atoms with Gasteiger partial charge in [0, 0.05) is 52.0 Å². The van der Waals surface area contributed by atoms with Crippen LogP contribution in [0.15, 0.2) is 47.6 Å². The molecule has 1 aliphatic rings. The van der Waals surface area contributed by atoms with Gasteiger partial charge in [-0.2, -0.15) is 0 Å². The van der Waals surface area contributed by atoms with E-state index in [1.165, 1.54) is 12.1 Å². The second-order valence-corrected chi connectivity index (χ2v) is 6.52. The Morgan fingerprint density at radius 3 is 2.89 bits per heavy atom. The third-order valence-electron chi connectivity index (χ3n) is 4.49. The molecule has 0 radical (unpaired) electrons. The normalized spacial score (nSPS) is 17.2. The van der Waals surface area contributed by atoms with E-state index in [4.69, 9.17) is 9.47 Å². The van der Waals surface area contributed by atoms with E-state index < -0.39 is 0 Å². The van der Waals surface area contributed by atoms with Crippen molar-refractivity contribution in [1.82, 2.24) is 15.2 Å². The van der Waals surface area contributed by atoms with E-state index in [1.54, 1.807) is 32.5 Å². The lowest BCUT2D eigenvalue weighted by Gasteiger charge is -2.21. The summed E-state index contributed by atoms with van der Waals surface area (Å²) >= 11 is 0. The zero-order valence-electron chi connectivity index (χ0n) is 15.7. The molecule has 1 aromatic carbocycles. The molecule has 3 rings (SSSR count). The Kier molecular flexibility index (Phi) is 6.59. The molecule has 27 heavy (non-hydrogen) atoms. The number of ether oxygens (including phenoxy) is 2. The number of likely N-dealkylation sites (tertiary alicyclic amines) is 1. The molecule has 1 saturated heterocycles. The summed E-state index contributed by atoms with van der Waals surface area (Å²) in [6.45, 7) is 3.31. The summed E-state index contributed by atoms with van der Waals surface area (Å²) in [6, 6.07) is 9.66. The number of pyridine rings is 1. The lowest BCUT2D eigenvalue weighted by Crippen LogP contribution is -2.39. The van der Waals surface area contributed by atoms with Crippen LogP contribution in [0, 0.1) is 11.7 Å². The highest BCUT2D eigenvalue weighted by Gasteiger charge is 2.24. The van der Waals surface area contributed by atoms with Gasteiger partial charge in [0.1, 0.15) is 11.6 Å². The fourth-order valence-corrected chi connectivity index (χ4v) is 3.15. The van der Waals surface area contributed by atoms with Crippen LogP contribution in [0.2, 0.25) is 0 Å². The van der Waals surface area contributed by atoms with Gasteiger partial charge in [-0.1, -0.05) is 0 Å². The van der Waals surface area contributed by atoms with E-state index in [0.29, 0.717) is 24.1 Å². The number of methoxy groups -OCH3 is 1. The molecule has 1 aliphatic heterocycles. The van der Waals surface area contributed by atoms with Crippen LogP contribution in [0.5, 0.6) is 11.6 Å². The SMILES string of the molecule is CN=C(NCc1ccnc(Oc2ccc(F)cc2)c1)N1CCC(COC)C1. The van der Waals surface area contributed by atoms with Gasteiger partial charge in [-0.25, -0.2) is 9.37 Å².